The van der Waals surface area contributed by atoms with E-state index in [4.69, 9.17) is 4.74 Å². The third-order valence-electron chi connectivity index (χ3n) is 4.97. The first-order chi connectivity index (χ1) is 12.7. The summed E-state index contributed by atoms with van der Waals surface area (Å²) in [6.45, 7) is 0.615. The van der Waals surface area contributed by atoms with Crippen LogP contribution in [0.5, 0.6) is 5.75 Å². The average Bonchev–Trinajstić information content (AvgIpc) is 2.67. The van der Waals surface area contributed by atoms with E-state index >= 15 is 0 Å². The fourth-order valence-electron chi connectivity index (χ4n) is 3.55. The molecule has 1 atom stereocenters. The number of ether oxygens (including phenoxy) is 1. The fraction of sp³-hybridized carbons (Fsp3) is 0.227. The third-order valence-corrected chi connectivity index (χ3v) is 4.97. The molecule has 1 heterocycles. The van der Waals surface area contributed by atoms with E-state index in [9.17, 15) is 9.90 Å². The molecule has 1 amide bonds. The van der Waals surface area contributed by atoms with Crippen LogP contribution in [0.25, 0.3) is 10.8 Å². The van der Waals surface area contributed by atoms with Crippen molar-refractivity contribution in [3.8, 4) is 5.75 Å². The summed E-state index contributed by atoms with van der Waals surface area (Å²) in [6.07, 6.45) is 0.744. The minimum atomic E-state index is -1.09. The predicted octanol–water partition coefficient (Wildman–Crippen LogP) is 3.17. The third kappa shape index (κ3) is 3.16. The Kier molecular flexibility index (Phi) is 4.35. The molecular weight excluding hydrogens is 326 g/mol. The number of amides is 1. The van der Waals surface area contributed by atoms with Crippen LogP contribution in [-0.2, 0) is 16.8 Å². The molecule has 0 spiro atoms. The molecule has 4 nitrogen and oxygen atoms in total. The van der Waals surface area contributed by atoms with Crippen LogP contribution in [-0.4, -0.2) is 24.2 Å². The van der Waals surface area contributed by atoms with Crippen LogP contribution in [0.1, 0.15) is 17.5 Å². The van der Waals surface area contributed by atoms with Gasteiger partial charge < -0.3 is 15.2 Å². The molecule has 0 aromatic heterocycles. The first kappa shape index (κ1) is 16.6. The number of carbonyl (C=O) groups is 1. The van der Waals surface area contributed by atoms with Gasteiger partial charge in [-0.2, -0.15) is 0 Å². The molecule has 4 rings (SSSR count). The number of hydrogen-bond donors (Lipinski definition) is 2. The molecule has 1 unspecified atom stereocenters. The van der Waals surface area contributed by atoms with Gasteiger partial charge in [-0.3, -0.25) is 4.79 Å². The molecule has 0 fully saturated rings. The van der Waals surface area contributed by atoms with E-state index in [2.05, 4.69) is 5.32 Å². The Labute approximate surface area is 152 Å². The van der Waals surface area contributed by atoms with Gasteiger partial charge in [0.15, 0.2) is 0 Å². The lowest BCUT2D eigenvalue weighted by Gasteiger charge is -2.34. The van der Waals surface area contributed by atoms with Crippen molar-refractivity contribution >= 4 is 16.7 Å². The average molecular weight is 347 g/mol. The van der Waals surface area contributed by atoms with Crippen LogP contribution < -0.4 is 10.1 Å². The summed E-state index contributed by atoms with van der Waals surface area (Å²) in [5.41, 5.74) is 0.625. The maximum Gasteiger partial charge on any atom is 0.224 e. The number of aliphatic hydroxyl groups is 1. The molecule has 0 bridgehead atoms. The van der Waals surface area contributed by atoms with Crippen molar-refractivity contribution in [3.05, 3.63) is 77.9 Å². The Balaban J connectivity index is 1.48. The van der Waals surface area contributed by atoms with Gasteiger partial charge in [0.1, 0.15) is 11.4 Å². The molecule has 0 radical (unpaired) electrons. The minimum absolute atomic E-state index is 0.0984. The number of carbonyl (C=O) groups excluding carboxylic acids is 1. The fourth-order valence-corrected chi connectivity index (χ4v) is 3.55. The minimum Gasteiger partial charge on any atom is -0.493 e. The largest absolute Gasteiger partial charge is 0.493 e. The summed E-state index contributed by atoms with van der Waals surface area (Å²) in [5, 5.41) is 16.1. The van der Waals surface area contributed by atoms with Crippen molar-refractivity contribution in [2.75, 3.05) is 13.2 Å². The van der Waals surface area contributed by atoms with Gasteiger partial charge in [-0.1, -0.05) is 60.7 Å². The van der Waals surface area contributed by atoms with Crippen LogP contribution in [0, 0.1) is 0 Å². The predicted molar refractivity (Wildman–Crippen MR) is 101 cm³/mol. The molecule has 26 heavy (non-hydrogen) atoms. The molecule has 3 aromatic rings. The van der Waals surface area contributed by atoms with Crippen LogP contribution in [0.4, 0.5) is 0 Å². The van der Waals surface area contributed by atoms with Crippen molar-refractivity contribution in [2.24, 2.45) is 0 Å². The van der Waals surface area contributed by atoms with Crippen LogP contribution in [0.3, 0.4) is 0 Å². The Morgan fingerprint density at radius 3 is 2.73 bits per heavy atom. The van der Waals surface area contributed by atoms with E-state index in [-0.39, 0.29) is 18.9 Å². The van der Waals surface area contributed by atoms with E-state index < -0.39 is 5.60 Å². The van der Waals surface area contributed by atoms with Crippen LogP contribution in [0.15, 0.2) is 66.7 Å². The van der Waals surface area contributed by atoms with Crippen molar-refractivity contribution in [1.82, 2.24) is 5.32 Å². The van der Waals surface area contributed by atoms with E-state index in [1.54, 1.807) is 0 Å². The van der Waals surface area contributed by atoms with Gasteiger partial charge in [-0.15, -0.1) is 0 Å². The second kappa shape index (κ2) is 6.81. The maximum atomic E-state index is 12.5. The number of benzene rings is 3. The SMILES string of the molecule is O=C(Cc1cccc2ccccc12)NCC1(O)CCOc2ccccc21. The Morgan fingerprint density at radius 2 is 1.81 bits per heavy atom. The molecule has 0 saturated carbocycles. The number of para-hydroxylation sites is 1. The van der Waals surface area contributed by atoms with Gasteiger partial charge in [-0.25, -0.2) is 0 Å². The summed E-state index contributed by atoms with van der Waals surface area (Å²) < 4.78 is 5.60. The highest BCUT2D eigenvalue weighted by Gasteiger charge is 2.35. The summed E-state index contributed by atoms with van der Waals surface area (Å²) in [7, 11) is 0. The summed E-state index contributed by atoms with van der Waals surface area (Å²) in [6, 6.07) is 21.5. The zero-order valence-corrected chi connectivity index (χ0v) is 14.4. The van der Waals surface area contributed by atoms with E-state index in [1.165, 1.54) is 0 Å². The summed E-state index contributed by atoms with van der Waals surface area (Å²) >= 11 is 0. The Bertz CT molecular complexity index is 948. The van der Waals surface area contributed by atoms with Crippen molar-refractivity contribution in [2.45, 2.75) is 18.4 Å². The van der Waals surface area contributed by atoms with E-state index in [0.29, 0.717) is 18.8 Å². The van der Waals surface area contributed by atoms with Gasteiger partial charge >= 0.3 is 0 Å². The van der Waals surface area contributed by atoms with E-state index in [1.807, 2.05) is 66.7 Å². The topological polar surface area (TPSA) is 58.6 Å². The zero-order valence-electron chi connectivity index (χ0n) is 14.4. The number of rotatable bonds is 4. The summed E-state index contributed by atoms with van der Waals surface area (Å²) in [5.74, 6) is 0.586. The second-order valence-electron chi connectivity index (χ2n) is 6.72. The van der Waals surface area contributed by atoms with Gasteiger partial charge in [0, 0.05) is 12.0 Å². The van der Waals surface area contributed by atoms with Crippen molar-refractivity contribution < 1.29 is 14.6 Å². The lowest BCUT2D eigenvalue weighted by molar-refractivity contribution is -0.122. The molecule has 3 aromatic carbocycles. The van der Waals surface area contributed by atoms with E-state index in [0.717, 1.165) is 21.9 Å². The normalized spacial score (nSPS) is 18.8. The first-order valence-corrected chi connectivity index (χ1v) is 8.84. The molecule has 1 aliphatic rings. The monoisotopic (exact) mass is 347 g/mol. The molecular formula is C22H21NO3. The smallest absolute Gasteiger partial charge is 0.224 e. The maximum absolute atomic E-state index is 12.5. The van der Waals surface area contributed by atoms with Gasteiger partial charge in [-0.05, 0) is 22.4 Å². The molecule has 132 valence electrons. The molecule has 4 heteroatoms. The standard InChI is InChI=1S/C22H21NO3/c24-21(14-17-8-5-7-16-6-1-2-9-18(16)17)23-15-22(25)12-13-26-20-11-4-3-10-19(20)22/h1-11,25H,12-15H2,(H,23,24). The lowest BCUT2D eigenvalue weighted by Crippen LogP contribution is -2.44. The first-order valence-electron chi connectivity index (χ1n) is 8.84. The molecule has 0 aliphatic carbocycles. The molecule has 0 saturated heterocycles. The summed E-state index contributed by atoms with van der Waals surface area (Å²) in [4.78, 5) is 12.5. The number of hydrogen-bond acceptors (Lipinski definition) is 3. The van der Waals surface area contributed by atoms with Crippen molar-refractivity contribution in [3.63, 3.8) is 0 Å². The van der Waals surface area contributed by atoms with Crippen molar-refractivity contribution in [1.29, 1.82) is 0 Å². The quantitative estimate of drug-likeness (QED) is 0.762. The highest BCUT2D eigenvalue weighted by Crippen LogP contribution is 2.36. The zero-order chi connectivity index (χ0) is 18.0. The van der Waals surface area contributed by atoms with Crippen LogP contribution in [0.2, 0.25) is 0 Å². The second-order valence-corrected chi connectivity index (χ2v) is 6.72. The van der Waals surface area contributed by atoms with Gasteiger partial charge in [0.05, 0.1) is 19.6 Å². The Morgan fingerprint density at radius 1 is 1.04 bits per heavy atom. The molecule has 1 aliphatic heterocycles. The number of fused-ring (bicyclic) bond motifs is 2. The van der Waals surface area contributed by atoms with Gasteiger partial charge in [0.2, 0.25) is 5.91 Å². The molecule has 2 N–H and O–H groups in total. The highest BCUT2D eigenvalue weighted by molar-refractivity contribution is 5.90. The number of nitrogens with one attached hydrogen (secondary N) is 1. The lowest BCUT2D eigenvalue weighted by atomic mass is 9.88. The Hall–Kier alpha value is -2.85. The van der Waals surface area contributed by atoms with Gasteiger partial charge in [0.25, 0.3) is 0 Å². The van der Waals surface area contributed by atoms with Crippen LogP contribution >= 0.6 is 0 Å². The highest BCUT2D eigenvalue weighted by atomic mass is 16.5.